The summed E-state index contributed by atoms with van der Waals surface area (Å²) in [6, 6.07) is 0.456. The highest BCUT2D eigenvalue weighted by Gasteiger charge is 2.35. The highest BCUT2D eigenvalue weighted by molar-refractivity contribution is 5.93. The maximum absolute atomic E-state index is 12.5. The number of nitrogens with zero attached hydrogens (tertiary/aromatic N) is 4. The lowest BCUT2D eigenvalue weighted by Crippen LogP contribution is -2.37. The molecule has 27 heavy (non-hydrogen) atoms. The molecule has 1 atom stereocenters. The van der Waals surface area contributed by atoms with Crippen molar-refractivity contribution in [3.05, 3.63) is 11.4 Å². The van der Waals surface area contributed by atoms with E-state index in [9.17, 15) is 9.59 Å². The normalized spacial score (nSPS) is 20.9. The van der Waals surface area contributed by atoms with Crippen LogP contribution in [0.4, 0.5) is 5.69 Å². The standard InChI is InChI=1S/C20H33N5O2/c1-5-25-15(3)20(14(2)22-25)21-18(26)13-23(4)11-16-10-19(27)24(12-16)17-8-6-7-9-17/h16-17H,5-13H2,1-4H3,(H,21,26)/t16-/m1/s1. The maximum atomic E-state index is 12.5. The molecule has 2 aliphatic rings. The molecule has 1 N–H and O–H groups in total. The van der Waals surface area contributed by atoms with Crippen molar-refractivity contribution in [2.24, 2.45) is 5.92 Å². The summed E-state index contributed by atoms with van der Waals surface area (Å²) in [5, 5.41) is 7.45. The van der Waals surface area contributed by atoms with Crippen LogP contribution < -0.4 is 5.32 Å². The van der Waals surface area contributed by atoms with Crippen LogP contribution in [0, 0.1) is 19.8 Å². The average molecular weight is 376 g/mol. The highest BCUT2D eigenvalue weighted by atomic mass is 16.2. The van der Waals surface area contributed by atoms with E-state index < -0.39 is 0 Å². The molecule has 3 rings (SSSR count). The van der Waals surface area contributed by atoms with Crippen molar-refractivity contribution in [2.45, 2.75) is 65.5 Å². The van der Waals surface area contributed by atoms with Crippen LogP contribution in [0.1, 0.15) is 50.4 Å². The van der Waals surface area contributed by atoms with E-state index in [-0.39, 0.29) is 5.91 Å². The minimum atomic E-state index is -0.0312. The van der Waals surface area contributed by atoms with Crippen LogP contribution in [0.2, 0.25) is 0 Å². The molecule has 7 heteroatoms. The van der Waals surface area contributed by atoms with E-state index in [0.29, 0.717) is 30.8 Å². The molecule has 1 aliphatic carbocycles. The molecule has 1 aromatic heterocycles. The van der Waals surface area contributed by atoms with Gasteiger partial charge in [0, 0.05) is 32.1 Å². The van der Waals surface area contributed by atoms with Gasteiger partial charge >= 0.3 is 0 Å². The number of amides is 2. The molecule has 0 radical (unpaired) electrons. The van der Waals surface area contributed by atoms with Gasteiger partial charge in [-0.25, -0.2) is 0 Å². The summed E-state index contributed by atoms with van der Waals surface area (Å²) in [7, 11) is 1.96. The number of anilines is 1. The average Bonchev–Trinajstić information content (AvgIpc) is 3.31. The maximum Gasteiger partial charge on any atom is 0.238 e. The fourth-order valence-electron chi connectivity index (χ4n) is 4.61. The van der Waals surface area contributed by atoms with Crippen LogP contribution in [0.15, 0.2) is 0 Å². The van der Waals surface area contributed by atoms with E-state index in [4.69, 9.17) is 0 Å². The Hall–Kier alpha value is -1.89. The molecular weight excluding hydrogens is 342 g/mol. The van der Waals surface area contributed by atoms with Crippen LogP contribution in [0.25, 0.3) is 0 Å². The third-order valence-corrected chi connectivity index (χ3v) is 5.93. The number of hydrogen-bond donors (Lipinski definition) is 1. The number of nitrogens with one attached hydrogen (secondary N) is 1. The van der Waals surface area contributed by atoms with Gasteiger partial charge < -0.3 is 10.2 Å². The number of aryl methyl sites for hydroxylation is 2. The van der Waals surface area contributed by atoms with Crippen LogP contribution in [-0.4, -0.2) is 64.1 Å². The van der Waals surface area contributed by atoms with Gasteiger partial charge in [-0.3, -0.25) is 19.2 Å². The predicted molar refractivity (Wildman–Crippen MR) is 106 cm³/mol. The number of rotatable bonds is 7. The fourth-order valence-corrected chi connectivity index (χ4v) is 4.61. The molecule has 0 unspecified atom stereocenters. The highest BCUT2D eigenvalue weighted by Crippen LogP contribution is 2.29. The Morgan fingerprint density at radius 2 is 2.00 bits per heavy atom. The van der Waals surface area contributed by atoms with Gasteiger partial charge in [-0.15, -0.1) is 0 Å². The Morgan fingerprint density at radius 3 is 2.63 bits per heavy atom. The molecule has 2 heterocycles. The van der Waals surface area contributed by atoms with Crippen LogP contribution in [0.5, 0.6) is 0 Å². The molecule has 0 bridgehead atoms. The monoisotopic (exact) mass is 375 g/mol. The zero-order valence-electron chi connectivity index (χ0n) is 17.1. The van der Waals surface area contributed by atoms with E-state index >= 15 is 0 Å². The number of carbonyl (C=O) groups excluding carboxylic acids is 2. The molecule has 1 aromatic rings. The first kappa shape index (κ1) is 19.9. The second-order valence-electron chi connectivity index (χ2n) is 8.16. The Kier molecular flexibility index (Phi) is 6.19. The third-order valence-electron chi connectivity index (χ3n) is 5.93. The first-order chi connectivity index (χ1) is 12.9. The van der Waals surface area contributed by atoms with Crippen molar-refractivity contribution in [3.63, 3.8) is 0 Å². The van der Waals surface area contributed by atoms with Crippen molar-refractivity contribution in [1.29, 1.82) is 0 Å². The van der Waals surface area contributed by atoms with Crippen molar-refractivity contribution >= 4 is 17.5 Å². The fraction of sp³-hybridized carbons (Fsp3) is 0.750. The van der Waals surface area contributed by atoms with Gasteiger partial charge in [-0.05, 0) is 46.6 Å². The molecule has 0 spiro atoms. The first-order valence-electron chi connectivity index (χ1n) is 10.2. The van der Waals surface area contributed by atoms with E-state index in [1.54, 1.807) is 0 Å². The smallest absolute Gasteiger partial charge is 0.238 e. The molecule has 1 saturated heterocycles. The lowest BCUT2D eigenvalue weighted by Gasteiger charge is -2.25. The minimum Gasteiger partial charge on any atom is -0.339 e. The van der Waals surface area contributed by atoms with Gasteiger partial charge in [-0.2, -0.15) is 5.10 Å². The summed E-state index contributed by atoms with van der Waals surface area (Å²) in [5.74, 6) is 0.585. The van der Waals surface area contributed by atoms with Crippen molar-refractivity contribution in [1.82, 2.24) is 19.6 Å². The van der Waals surface area contributed by atoms with E-state index in [2.05, 4.69) is 15.3 Å². The Morgan fingerprint density at radius 1 is 1.30 bits per heavy atom. The summed E-state index contributed by atoms with van der Waals surface area (Å²) >= 11 is 0. The number of aromatic nitrogens is 2. The second-order valence-corrected chi connectivity index (χ2v) is 8.16. The van der Waals surface area contributed by atoms with Crippen molar-refractivity contribution in [3.8, 4) is 0 Å². The number of carbonyl (C=O) groups is 2. The zero-order chi connectivity index (χ0) is 19.6. The Labute approximate surface area is 162 Å². The first-order valence-corrected chi connectivity index (χ1v) is 10.2. The van der Waals surface area contributed by atoms with Crippen molar-refractivity contribution < 1.29 is 9.59 Å². The van der Waals surface area contributed by atoms with Gasteiger partial charge in [0.05, 0.1) is 23.6 Å². The molecule has 150 valence electrons. The summed E-state index contributed by atoms with van der Waals surface area (Å²) in [6.07, 6.45) is 5.41. The summed E-state index contributed by atoms with van der Waals surface area (Å²) in [4.78, 5) is 28.9. The summed E-state index contributed by atoms with van der Waals surface area (Å²) < 4.78 is 1.90. The lowest BCUT2D eigenvalue weighted by molar-refractivity contribution is -0.129. The number of likely N-dealkylation sites (N-methyl/N-ethyl adjacent to an activating group) is 1. The minimum absolute atomic E-state index is 0.0312. The van der Waals surface area contributed by atoms with Gasteiger partial charge in [0.2, 0.25) is 11.8 Å². The topological polar surface area (TPSA) is 70.5 Å². The second kappa shape index (κ2) is 8.42. The molecule has 2 fully saturated rings. The number of hydrogen-bond acceptors (Lipinski definition) is 4. The SMILES string of the molecule is CCn1nc(C)c(NC(=O)CN(C)C[C@H]2CC(=O)N(C3CCCC3)C2)c1C. The lowest BCUT2D eigenvalue weighted by atomic mass is 10.1. The quantitative estimate of drug-likeness (QED) is 0.793. The largest absolute Gasteiger partial charge is 0.339 e. The molecule has 1 saturated carbocycles. The van der Waals surface area contributed by atoms with Crippen LogP contribution in [-0.2, 0) is 16.1 Å². The number of likely N-dealkylation sites (tertiary alicyclic amines) is 1. The van der Waals surface area contributed by atoms with Gasteiger partial charge in [0.1, 0.15) is 0 Å². The Bertz CT molecular complexity index is 693. The molecule has 7 nitrogen and oxygen atoms in total. The van der Waals surface area contributed by atoms with Gasteiger partial charge in [-0.1, -0.05) is 12.8 Å². The summed E-state index contributed by atoms with van der Waals surface area (Å²) in [6.45, 7) is 8.66. The summed E-state index contributed by atoms with van der Waals surface area (Å²) in [5.41, 5.74) is 2.65. The molecule has 0 aromatic carbocycles. The molecular formula is C20H33N5O2. The van der Waals surface area contributed by atoms with Gasteiger partial charge in [0.15, 0.2) is 0 Å². The Balaban J connectivity index is 1.49. The predicted octanol–water partition coefficient (Wildman–Crippen LogP) is 2.18. The van der Waals surface area contributed by atoms with Crippen LogP contribution in [0.3, 0.4) is 0 Å². The van der Waals surface area contributed by atoms with Crippen molar-refractivity contribution in [2.75, 3.05) is 32.0 Å². The zero-order valence-corrected chi connectivity index (χ0v) is 17.1. The van der Waals surface area contributed by atoms with Crippen LogP contribution >= 0.6 is 0 Å². The van der Waals surface area contributed by atoms with E-state index in [0.717, 1.165) is 49.6 Å². The molecule has 2 amide bonds. The van der Waals surface area contributed by atoms with E-state index in [1.165, 1.54) is 12.8 Å². The van der Waals surface area contributed by atoms with Gasteiger partial charge in [0.25, 0.3) is 0 Å². The van der Waals surface area contributed by atoms with E-state index in [1.807, 2.05) is 37.4 Å². The third kappa shape index (κ3) is 4.51. The molecule has 1 aliphatic heterocycles.